The molecule has 0 aromatic carbocycles. The van der Waals surface area contributed by atoms with Crippen molar-refractivity contribution in [3.05, 3.63) is 21.9 Å². The molecule has 2 atom stereocenters. The van der Waals surface area contributed by atoms with Crippen LogP contribution >= 0.6 is 11.3 Å². The normalized spacial score (nSPS) is 26.9. The number of thiophene rings is 1. The number of carbonyl (C=O) groups is 2. The largest absolute Gasteiger partial charge is 0.479 e. The second-order valence-corrected chi connectivity index (χ2v) is 6.40. The summed E-state index contributed by atoms with van der Waals surface area (Å²) < 4.78 is 5.29. The van der Waals surface area contributed by atoms with E-state index in [2.05, 4.69) is 6.92 Å². The zero-order valence-corrected chi connectivity index (χ0v) is 12.1. The van der Waals surface area contributed by atoms with E-state index in [4.69, 9.17) is 4.74 Å². The van der Waals surface area contributed by atoms with Gasteiger partial charge in [-0.1, -0.05) is 6.92 Å². The number of carbonyl (C=O) groups excluding carboxylic acids is 1. The second kappa shape index (κ2) is 5.18. The van der Waals surface area contributed by atoms with Gasteiger partial charge in [0.15, 0.2) is 6.10 Å². The number of morpholine rings is 1. The standard InChI is InChI=1S/C14H17NO4S/c1-2-9-5-6-10(20-9)12-13(14(17)18)19-7-11(16)15(12)8-3-4-8/h5-6,8,12-13H,2-4,7H2,1H3,(H,17,18). The lowest BCUT2D eigenvalue weighted by atomic mass is 10.0. The van der Waals surface area contributed by atoms with Gasteiger partial charge in [0.25, 0.3) is 0 Å². The van der Waals surface area contributed by atoms with Crippen LogP contribution in [0.4, 0.5) is 0 Å². The number of rotatable bonds is 4. The Labute approximate surface area is 121 Å². The number of aryl methyl sites for hydroxylation is 1. The van der Waals surface area contributed by atoms with E-state index < -0.39 is 18.1 Å². The SMILES string of the molecule is CCc1ccc(C2C(C(=O)O)OCC(=O)N2C2CC2)s1. The van der Waals surface area contributed by atoms with Gasteiger partial charge in [0.05, 0.1) is 0 Å². The molecule has 1 saturated carbocycles. The lowest BCUT2D eigenvalue weighted by molar-refractivity contribution is -0.173. The van der Waals surface area contributed by atoms with Crippen molar-refractivity contribution in [2.75, 3.05) is 6.61 Å². The van der Waals surface area contributed by atoms with Crippen LogP contribution < -0.4 is 0 Å². The van der Waals surface area contributed by atoms with Crippen LogP contribution in [0.1, 0.15) is 35.6 Å². The molecule has 1 saturated heterocycles. The molecule has 108 valence electrons. The average molecular weight is 295 g/mol. The first-order valence-electron chi connectivity index (χ1n) is 6.86. The van der Waals surface area contributed by atoms with Crippen LogP contribution in [0.15, 0.2) is 12.1 Å². The zero-order chi connectivity index (χ0) is 14.3. The van der Waals surface area contributed by atoms with Gasteiger partial charge in [-0.05, 0) is 31.4 Å². The van der Waals surface area contributed by atoms with Gasteiger partial charge < -0.3 is 14.7 Å². The van der Waals surface area contributed by atoms with Crippen molar-refractivity contribution in [3.63, 3.8) is 0 Å². The molecular formula is C14H17NO4S. The third-order valence-corrected chi connectivity index (χ3v) is 5.07. The number of carboxylic acid groups (broad SMARTS) is 1. The summed E-state index contributed by atoms with van der Waals surface area (Å²) in [6.07, 6.45) is 1.87. The Kier molecular flexibility index (Phi) is 3.52. The van der Waals surface area contributed by atoms with E-state index in [1.165, 1.54) is 4.88 Å². The van der Waals surface area contributed by atoms with Gasteiger partial charge in [-0.3, -0.25) is 4.79 Å². The van der Waals surface area contributed by atoms with Crippen LogP contribution in [-0.4, -0.2) is 40.6 Å². The minimum Gasteiger partial charge on any atom is -0.479 e. The predicted molar refractivity (Wildman–Crippen MR) is 73.7 cm³/mol. The first-order valence-corrected chi connectivity index (χ1v) is 7.67. The smallest absolute Gasteiger partial charge is 0.335 e. The zero-order valence-electron chi connectivity index (χ0n) is 11.2. The van der Waals surface area contributed by atoms with Crippen LogP contribution in [0.2, 0.25) is 0 Å². The van der Waals surface area contributed by atoms with Crippen molar-refractivity contribution >= 4 is 23.2 Å². The molecule has 3 rings (SSSR count). The van der Waals surface area contributed by atoms with Gasteiger partial charge in [0, 0.05) is 15.8 Å². The highest BCUT2D eigenvalue weighted by Gasteiger charge is 2.48. The fourth-order valence-corrected chi connectivity index (χ4v) is 3.72. The molecule has 1 aliphatic heterocycles. The minimum absolute atomic E-state index is 0.0959. The monoisotopic (exact) mass is 295 g/mol. The molecule has 0 bridgehead atoms. The predicted octanol–water partition coefficient (Wildman–Crippen LogP) is 1.83. The molecule has 6 heteroatoms. The molecule has 2 fully saturated rings. The minimum atomic E-state index is -1.00. The Bertz CT molecular complexity index is 537. The van der Waals surface area contributed by atoms with Crippen molar-refractivity contribution in [1.82, 2.24) is 4.90 Å². The number of hydrogen-bond donors (Lipinski definition) is 1. The number of hydrogen-bond acceptors (Lipinski definition) is 4. The van der Waals surface area contributed by atoms with E-state index in [0.717, 1.165) is 24.1 Å². The molecule has 1 aliphatic carbocycles. The van der Waals surface area contributed by atoms with Crippen molar-refractivity contribution in [2.45, 2.75) is 44.4 Å². The van der Waals surface area contributed by atoms with E-state index in [1.54, 1.807) is 16.2 Å². The van der Waals surface area contributed by atoms with Crippen LogP contribution in [0.5, 0.6) is 0 Å². The average Bonchev–Trinajstić information content (AvgIpc) is 3.15. The summed E-state index contributed by atoms with van der Waals surface area (Å²) in [7, 11) is 0. The summed E-state index contributed by atoms with van der Waals surface area (Å²) in [5.74, 6) is -1.10. The maximum Gasteiger partial charge on any atom is 0.335 e. The van der Waals surface area contributed by atoms with Gasteiger partial charge in [0.2, 0.25) is 5.91 Å². The van der Waals surface area contributed by atoms with E-state index in [-0.39, 0.29) is 18.6 Å². The van der Waals surface area contributed by atoms with Crippen molar-refractivity contribution in [1.29, 1.82) is 0 Å². The molecule has 1 amide bonds. The maximum absolute atomic E-state index is 12.1. The van der Waals surface area contributed by atoms with Crippen LogP contribution in [0.25, 0.3) is 0 Å². The van der Waals surface area contributed by atoms with Gasteiger partial charge >= 0.3 is 5.97 Å². The lowest BCUT2D eigenvalue weighted by Crippen LogP contribution is -2.52. The number of carboxylic acids is 1. The highest BCUT2D eigenvalue weighted by atomic mass is 32.1. The summed E-state index contributed by atoms with van der Waals surface area (Å²) in [5.41, 5.74) is 0. The highest BCUT2D eigenvalue weighted by molar-refractivity contribution is 7.12. The number of aliphatic carboxylic acids is 1. The van der Waals surface area contributed by atoms with Crippen LogP contribution in [-0.2, 0) is 20.7 Å². The fourth-order valence-electron chi connectivity index (χ4n) is 2.65. The van der Waals surface area contributed by atoms with Gasteiger partial charge in [-0.15, -0.1) is 11.3 Å². The van der Waals surface area contributed by atoms with E-state index in [1.807, 2.05) is 12.1 Å². The first kappa shape index (κ1) is 13.6. The molecule has 1 aromatic heterocycles. The van der Waals surface area contributed by atoms with Gasteiger partial charge in [-0.2, -0.15) is 0 Å². The molecule has 20 heavy (non-hydrogen) atoms. The van der Waals surface area contributed by atoms with E-state index in [9.17, 15) is 14.7 Å². The molecule has 2 unspecified atom stereocenters. The highest BCUT2D eigenvalue weighted by Crippen LogP contribution is 2.41. The van der Waals surface area contributed by atoms with Crippen LogP contribution in [0, 0.1) is 0 Å². The number of amides is 1. The Morgan fingerprint density at radius 2 is 2.25 bits per heavy atom. The topological polar surface area (TPSA) is 66.8 Å². The summed E-state index contributed by atoms with van der Waals surface area (Å²) in [5, 5.41) is 9.38. The number of ether oxygens (including phenoxy) is 1. The van der Waals surface area contributed by atoms with Crippen LogP contribution in [0.3, 0.4) is 0 Å². The molecular weight excluding hydrogens is 278 g/mol. The lowest BCUT2D eigenvalue weighted by Gasteiger charge is -2.39. The molecule has 0 radical (unpaired) electrons. The third kappa shape index (κ3) is 2.33. The summed E-state index contributed by atoms with van der Waals surface area (Å²) in [6, 6.07) is 3.64. The Morgan fingerprint density at radius 3 is 2.80 bits per heavy atom. The van der Waals surface area contributed by atoms with Crippen molar-refractivity contribution in [3.8, 4) is 0 Å². The Hall–Kier alpha value is -1.40. The quantitative estimate of drug-likeness (QED) is 0.920. The second-order valence-electron chi connectivity index (χ2n) is 5.20. The van der Waals surface area contributed by atoms with Crippen molar-refractivity contribution in [2.24, 2.45) is 0 Å². The summed E-state index contributed by atoms with van der Waals surface area (Å²) in [6.45, 7) is 1.93. The molecule has 2 heterocycles. The molecule has 5 nitrogen and oxygen atoms in total. The fraction of sp³-hybridized carbons (Fsp3) is 0.571. The maximum atomic E-state index is 12.1. The van der Waals surface area contributed by atoms with E-state index in [0.29, 0.717) is 0 Å². The first-order chi connectivity index (χ1) is 9.61. The number of nitrogens with zero attached hydrogens (tertiary/aromatic N) is 1. The van der Waals surface area contributed by atoms with Gasteiger partial charge in [0.1, 0.15) is 12.6 Å². The van der Waals surface area contributed by atoms with Crippen molar-refractivity contribution < 1.29 is 19.4 Å². The molecule has 1 aromatic rings. The summed E-state index contributed by atoms with van der Waals surface area (Å²) in [4.78, 5) is 27.4. The third-order valence-electron chi connectivity index (χ3n) is 3.77. The summed E-state index contributed by atoms with van der Waals surface area (Å²) >= 11 is 1.57. The molecule has 0 spiro atoms. The Morgan fingerprint density at radius 1 is 1.50 bits per heavy atom. The Balaban J connectivity index is 1.97. The molecule has 1 N–H and O–H groups in total. The van der Waals surface area contributed by atoms with Gasteiger partial charge in [-0.25, -0.2) is 4.79 Å². The molecule has 2 aliphatic rings. The van der Waals surface area contributed by atoms with E-state index >= 15 is 0 Å².